The average molecular weight is 192 g/mol. The maximum absolute atomic E-state index is 10.5. The first-order valence-electron chi connectivity index (χ1n) is 3.68. The van der Waals surface area contributed by atoms with E-state index in [2.05, 4.69) is 0 Å². The highest BCUT2D eigenvalue weighted by Gasteiger charge is 2.25. The fraction of sp³-hybridized carbons (Fsp3) is 0.833. The van der Waals surface area contributed by atoms with Crippen LogP contribution in [0.5, 0.6) is 0 Å². The molecule has 0 saturated carbocycles. The van der Waals surface area contributed by atoms with E-state index >= 15 is 0 Å². The summed E-state index contributed by atoms with van der Waals surface area (Å²) in [5.74, 6) is -1.44. The molecule has 0 bridgehead atoms. The summed E-state index contributed by atoms with van der Waals surface area (Å²) in [6, 6.07) is 0. The molecule has 0 aromatic heterocycles. The number of carboxylic acid groups (broad SMARTS) is 1. The van der Waals surface area contributed by atoms with Crippen LogP contribution in [0.2, 0.25) is 0 Å². The van der Waals surface area contributed by atoms with Gasteiger partial charge in [0.15, 0.2) is 0 Å². The van der Waals surface area contributed by atoms with Crippen molar-refractivity contribution in [2.24, 2.45) is 5.92 Å². The minimum atomic E-state index is -2.27. The molecule has 5 nitrogen and oxygen atoms in total. The fourth-order valence-corrected chi connectivity index (χ4v) is 1.86. The van der Waals surface area contributed by atoms with Gasteiger partial charge < -0.3 is 9.66 Å². The van der Waals surface area contributed by atoms with Crippen molar-refractivity contribution in [2.45, 2.75) is 12.8 Å². The van der Waals surface area contributed by atoms with Gasteiger partial charge >= 0.3 is 5.97 Å². The first-order valence-corrected chi connectivity index (χ1v) is 4.71. The van der Waals surface area contributed by atoms with E-state index in [9.17, 15) is 13.6 Å². The lowest BCUT2D eigenvalue weighted by atomic mass is 10.0. The van der Waals surface area contributed by atoms with Crippen molar-refractivity contribution in [3.63, 3.8) is 0 Å². The van der Waals surface area contributed by atoms with E-state index in [1.54, 1.807) is 0 Å². The number of rotatable bonds is 2. The molecular weight excluding hydrogens is 182 g/mol. The Balaban J connectivity index is 2.51. The number of piperidine rings is 1. The summed E-state index contributed by atoms with van der Waals surface area (Å²) in [4.78, 5) is 10.5. The van der Waals surface area contributed by atoms with Gasteiger partial charge in [0.2, 0.25) is 0 Å². The zero-order valence-electron chi connectivity index (χ0n) is 6.43. The summed E-state index contributed by atoms with van der Waals surface area (Å²) in [5, 5.41) is 8.61. The highest BCUT2D eigenvalue weighted by Crippen LogP contribution is 2.16. The first kappa shape index (κ1) is 9.63. The second-order valence-corrected chi connectivity index (χ2v) is 3.73. The molecule has 0 aromatic rings. The molecule has 1 aliphatic rings. The number of carboxylic acids is 1. The molecule has 0 aromatic carbocycles. The Kier molecular flexibility index (Phi) is 3.19. The van der Waals surface area contributed by atoms with Crippen LogP contribution in [0.25, 0.3) is 0 Å². The van der Waals surface area contributed by atoms with E-state index in [0.717, 1.165) is 4.31 Å². The molecule has 1 saturated heterocycles. The van der Waals surface area contributed by atoms with Crippen molar-refractivity contribution in [1.82, 2.24) is 4.31 Å². The van der Waals surface area contributed by atoms with Gasteiger partial charge in [0.05, 0.1) is 5.92 Å². The van der Waals surface area contributed by atoms with Crippen LogP contribution in [0.4, 0.5) is 0 Å². The lowest BCUT2D eigenvalue weighted by molar-refractivity contribution is -0.142. The minimum Gasteiger partial charge on any atom is -0.760 e. The lowest BCUT2D eigenvalue weighted by Gasteiger charge is -2.31. The Bertz CT molecular complexity index is 188. The number of carbonyl (C=O) groups is 1. The van der Waals surface area contributed by atoms with E-state index in [-0.39, 0.29) is 6.54 Å². The van der Waals surface area contributed by atoms with Crippen LogP contribution in [0, 0.1) is 5.92 Å². The summed E-state index contributed by atoms with van der Waals surface area (Å²) < 4.78 is 22.1. The zero-order valence-corrected chi connectivity index (χ0v) is 7.25. The third-order valence-electron chi connectivity index (χ3n) is 1.94. The predicted octanol–water partition coefficient (Wildman–Crippen LogP) is -0.423. The summed E-state index contributed by atoms with van der Waals surface area (Å²) in [6.45, 7) is 0.561. The fourth-order valence-electron chi connectivity index (χ4n) is 1.28. The van der Waals surface area contributed by atoms with Crippen LogP contribution in [0.1, 0.15) is 12.8 Å². The molecule has 0 amide bonds. The normalized spacial score (nSPS) is 28.2. The van der Waals surface area contributed by atoms with Gasteiger partial charge in [0.25, 0.3) is 0 Å². The van der Waals surface area contributed by atoms with Gasteiger partial charge in [-0.05, 0) is 12.8 Å². The maximum atomic E-state index is 10.5. The van der Waals surface area contributed by atoms with E-state index in [1.165, 1.54) is 0 Å². The largest absolute Gasteiger partial charge is 0.760 e. The molecule has 12 heavy (non-hydrogen) atoms. The van der Waals surface area contributed by atoms with E-state index < -0.39 is 23.2 Å². The molecule has 1 N–H and O–H groups in total. The van der Waals surface area contributed by atoms with E-state index in [0.29, 0.717) is 19.4 Å². The second-order valence-electron chi connectivity index (χ2n) is 2.78. The van der Waals surface area contributed by atoms with Crippen LogP contribution in [0.3, 0.4) is 0 Å². The number of hydrogen-bond donors (Lipinski definition) is 1. The molecule has 0 radical (unpaired) electrons. The van der Waals surface area contributed by atoms with Crippen molar-refractivity contribution < 1.29 is 18.7 Å². The van der Waals surface area contributed by atoms with Crippen LogP contribution in [-0.2, 0) is 16.1 Å². The SMILES string of the molecule is O=C(O)C1CCCN(S(=O)[O-])C1. The van der Waals surface area contributed by atoms with Gasteiger partial charge in [0, 0.05) is 24.4 Å². The molecule has 2 unspecified atom stereocenters. The molecular formula is C6H10NO4S-. The van der Waals surface area contributed by atoms with Crippen LogP contribution in [-0.4, -0.2) is 37.2 Å². The molecule has 6 heteroatoms. The highest BCUT2D eigenvalue weighted by atomic mass is 32.2. The molecule has 1 aliphatic heterocycles. The molecule has 0 aliphatic carbocycles. The Morgan fingerprint density at radius 2 is 2.33 bits per heavy atom. The van der Waals surface area contributed by atoms with Crippen molar-refractivity contribution in [1.29, 1.82) is 0 Å². The standard InChI is InChI=1S/C6H11NO4S/c8-6(9)5-2-1-3-7(4-5)12(10)11/h5H,1-4H2,(H,8,9)(H,10,11)/p-1. The Hall–Kier alpha value is -0.460. The quantitative estimate of drug-likeness (QED) is 0.602. The molecule has 1 fully saturated rings. The van der Waals surface area contributed by atoms with Crippen molar-refractivity contribution in [3.05, 3.63) is 0 Å². The predicted molar refractivity (Wildman–Crippen MR) is 40.9 cm³/mol. The van der Waals surface area contributed by atoms with Crippen LogP contribution >= 0.6 is 0 Å². The summed E-state index contributed by atoms with van der Waals surface area (Å²) in [5.41, 5.74) is 0. The van der Waals surface area contributed by atoms with E-state index in [1.807, 2.05) is 0 Å². The van der Waals surface area contributed by atoms with Crippen molar-refractivity contribution in [2.75, 3.05) is 13.1 Å². The molecule has 1 rings (SSSR count). The molecule has 70 valence electrons. The molecule has 0 spiro atoms. The average Bonchev–Trinajstić information content (AvgIpc) is 2.04. The Labute approximate surface area is 72.8 Å². The second kappa shape index (κ2) is 3.97. The van der Waals surface area contributed by atoms with Gasteiger partial charge in [-0.2, -0.15) is 0 Å². The van der Waals surface area contributed by atoms with Gasteiger partial charge in [-0.1, -0.05) is 0 Å². The van der Waals surface area contributed by atoms with Crippen molar-refractivity contribution in [3.8, 4) is 0 Å². The van der Waals surface area contributed by atoms with Crippen LogP contribution < -0.4 is 0 Å². The minimum absolute atomic E-state index is 0.117. The third kappa shape index (κ3) is 2.26. The first-order chi connectivity index (χ1) is 5.61. The maximum Gasteiger partial charge on any atom is 0.307 e. The van der Waals surface area contributed by atoms with Gasteiger partial charge in [-0.3, -0.25) is 9.00 Å². The Morgan fingerprint density at radius 1 is 1.67 bits per heavy atom. The molecule has 1 heterocycles. The summed E-state index contributed by atoms with van der Waals surface area (Å²) >= 11 is -2.27. The highest BCUT2D eigenvalue weighted by molar-refractivity contribution is 7.76. The molecule has 2 atom stereocenters. The lowest BCUT2D eigenvalue weighted by Crippen LogP contribution is -2.39. The van der Waals surface area contributed by atoms with Gasteiger partial charge in [0.1, 0.15) is 0 Å². The van der Waals surface area contributed by atoms with E-state index in [4.69, 9.17) is 5.11 Å². The smallest absolute Gasteiger partial charge is 0.307 e. The number of nitrogens with zero attached hydrogens (tertiary/aromatic N) is 1. The number of hydrogen-bond acceptors (Lipinski definition) is 3. The van der Waals surface area contributed by atoms with Gasteiger partial charge in [-0.25, -0.2) is 4.31 Å². The summed E-state index contributed by atoms with van der Waals surface area (Å²) in [7, 11) is 0. The monoisotopic (exact) mass is 192 g/mol. The third-order valence-corrected chi connectivity index (χ3v) is 2.70. The number of aliphatic carboxylic acids is 1. The zero-order chi connectivity index (χ0) is 9.14. The summed E-state index contributed by atoms with van der Waals surface area (Å²) in [6.07, 6.45) is 1.20. The van der Waals surface area contributed by atoms with Crippen LogP contribution in [0.15, 0.2) is 0 Å². The topological polar surface area (TPSA) is 80.7 Å². The Morgan fingerprint density at radius 3 is 2.83 bits per heavy atom. The van der Waals surface area contributed by atoms with Gasteiger partial charge in [-0.15, -0.1) is 0 Å². The van der Waals surface area contributed by atoms with Crippen molar-refractivity contribution >= 4 is 17.2 Å².